The van der Waals surface area contributed by atoms with Gasteiger partial charge in [0.05, 0.1) is 17.8 Å². The first-order valence-electron chi connectivity index (χ1n) is 9.79. The van der Waals surface area contributed by atoms with E-state index >= 15 is 0 Å². The van der Waals surface area contributed by atoms with Crippen molar-refractivity contribution in [2.24, 2.45) is 5.41 Å². The summed E-state index contributed by atoms with van der Waals surface area (Å²) in [7, 11) is 0. The molecule has 2 aliphatic carbocycles. The predicted molar refractivity (Wildman–Crippen MR) is 107 cm³/mol. The van der Waals surface area contributed by atoms with E-state index in [2.05, 4.69) is 15.3 Å². The first-order valence-corrected chi connectivity index (χ1v) is 10.2. The number of nitrogens with one attached hydrogen (secondary N) is 1. The normalized spacial score (nSPS) is 26.1. The molecular formula is C22H24ClN3O2. The van der Waals surface area contributed by atoms with Gasteiger partial charge in [-0.05, 0) is 57.2 Å². The molecule has 2 aromatic rings. The average molecular weight is 398 g/mol. The van der Waals surface area contributed by atoms with Crippen LogP contribution in [0.15, 0.2) is 36.7 Å². The maximum absolute atomic E-state index is 13.2. The molecule has 4 rings (SSSR count). The molecule has 0 radical (unpaired) electrons. The van der Waals surface area contributed by atoms with Crippen molar-refractivity contribution in [3.8, 4) is 0 Å². The Balaban J connectivity index is 1.49. The lowest BCUT2D eigenvalue weighted by Crippen LogP contribution is -2.50. The number of carbonyl (C=O) groups excluding carboxylic acids is 2. The van der Waals surface area contributed by atoms with Crippen molar-refractivity contribution < 1.29 is 9.59 Å². The van der Waals surface area contributed by atoms with E-state index in [9.17, 15) is 9.59 Å². The number of amides is 1. The zero-order chi connectivity index (χ0) is 19.8. The van der Waals surface area contributed by atoms with Gasteiger partial charge in [-0.25, -0.2) is 0 Å². The number of carbonyl (C=O) groups is 2. The lowest BCUT2D eigenvalue weighted by molar-refractivity contribution is -0.129. The molecule has 146 valence electrons. The number of aryl methyl sites for hydroxylation is 1. The van der Waals surface area contributed by atoms with Crippen molar-refractivity contribution in [3.05, 3.63) is 58.6 Å². The van der Waals surface area contributed by atoms with Crippen LogP contribution >= 0.6 is 11.6 Å². The van der Waals surface area contributed by atoms with Crippen LogP contribution in [0.1, 0.15) is 60.3 Å². The number of ketones is 1. The zero-order valence-corrected chi connectivity index (χ0v) is 16.8. The molecule has 1 aromatic carbocycles. The first-order chi connectivity index (χ1) is 13.4. The molecule has 2 aliphatic rings. The Bertz CT molecular complexity index is 932. The molecule has 6 heteroatoms. The van der Waals surface area contributed by atoms with E-state index < -0.39 is 0 Å². The molecule has 1 N–H and O–H groups in total. The number of hydrogen-bond donors (Lipinski definition) is 1. The lowest BCUT2D eigenvalue weighted by Gasteiger charge is -2.39. The van der Waals surface area contributed by atoms with Gasteiger partial charge in [0.25, 0.3) is 5.91 Å². The van der Waals surface area contributed by atoms with Crippen molar-refractivity contribution in [2.75, 3.05) is 0 Å². The zero-order valence-electron chi connectivity index (χ0n) is 16.0. The lowest BCUT2D eigenvalue weighted by atomic mass is 9.69. The maximum atomic E-state index is 13.2. The highest BCUT2D eigenvalue weighted by Crippen LogP contribution is 2.54. The molecule has 1 aromatic heterocycles. The number of halogens is 1. The average Bonchev–Trinajstić information content (AvgIpc) is 2.93. The van der Waals surface area contributed by atoms with Crippen molar-refractivity contribution in [1.29, 1.82) is 0 Å². The molecule has 2 unspecified atom stereocenters. The van der Waals surface area contributed by atoms with Crippen LogP contribution < -0.4 is 5.32 Å². The minimum atomic E-state index is -0.356. The molecule has 1 heterocycles. The largest absolute Gasteiger partial charge is 0.347 e. The number of fused-ring (bicyclic) bond motifs is 2. The summed E-state index contributed by atoms with van der Waals surface area (Å²) in [6.07, 6.45) is 8.80. The monoisotopic (exact) mass is 397 g/mol. The van der Waals surface area contributed by atoms with Gasteiger partial charge in [0.2, 0.25) is 0 Å². The van der Waals surface area contributed by atoms with Crippen LogP contribution in [0.4, 0.5) is 0 Å². The third-order valence-electron chi connectivity index (χ3n) is 6.27. The first kappa shape index (κ1) is 19.1. The summed E-state index contributed by atoms with van der Waals surface area (Å²) in [6, 6.07) is 6.98. The van der Waals surface area contributed by atoms with Crippen LogP contribution in [0, 0.1) is 12.3 Å². The number of rotatable bonds is 5. The van der Waals surface area contributed by atoms with Gasteiger partial charge in [-0.15, -0.1) is 0 Å². The summed E-state index contributed by atoms with van der Waals surface area (Å²) in [5, 5.41) is 3.79. The van der Waals surface area contributed by atoms with Crippen molar-refractivity contribution in [1.82, 2.24) is 15.3 Å². The second-order valence-corrected chi connectivity index (χ2v) is 8.74. The molecule has 2 fully saturated rings. The van der Waals surface area contributed by atoms with E-state index in [1.54, 1.807) is 36.7 Å². The van der Waals surface area contributed by atoms with Gasteiger partial charge in [0, 0.05) is 33.9 Å². The van der Waals surface area contributed by atoms with Crippen LogP contribution in [0.2, 0.25) is 5.02 Å². The number of nitrogens with zero attached hydrogens (tertiary/aromatic N) is 2. The fraction of sp³-hybridized carbons (Fsp3) is 0.455. The van der Waals surface area contributed by atoms with Gasteiger partial charge in [0.1, 0.15) is 5.78 Å². The van der Waals surface area contributed by atoms with Gasteiger partial charge in [0.15, 0.2) is 0 Å². The Morgan fingerprint density at radius 1 is 1.18 bits per heavy atom. The predicted octanol–water partition coefficient (Wildman–Crippen LogP) is 4.07. The highest BCUT2D eigenvalue weighted by molar-refractivity contribution is 6.30. The van der Waals surface area contributed by atoms with Gasteiger partial charge in [-0.2, -0.15) is 0 Å². The quantitative estimate of drug-likeness (QED) is 0.825. The molecule has 2 bridgehead atoms. The smallest absolute Gasteiger partial charge is 0.251 e. The Labute approximate surface area is 169 Å². The van der Waals surface area contributed by atoms with Crippen LogP contribution in [0.3, 0.4) is 0 Å². The van der Waals surface area contributed by atoms with E-state index in [0.29, 0.717) is 23.4 Å². The SMILES string of the molecule is Cc1cncc(CC(=O)C23CCCC(NC(=O)c4cccc(Cl)c4)(CC2)C3)n1. The third-order valence-corrected chi connectivity index (χ3v) is 6.51. The molecule has 2 saturated carbocycles. The summed E-state index contributed by atoms with van der Waals surface area (Å²) < 4.78 is 0. The highest BCUT2D eigenvalue weighted by atomic mass is 35.5. The minimum Gasteiger partial charge on any atom is -0.347 e. The van der Waals surface area contributed by atoms with E-state index in [1.165, 1.54) is 0 Å². The summed E-state index contributed by atoms with van der Waals surface area (Å²) in [5.41, 5.74) is 1.45. The van der Waals surface area contributed by atoms with E-state index in [4.69, 9.17) is 11.6 Å². The maximum Gasteiger partial charge on any atom is 0.251 e. The van der Waals surface area contributed by atoms with Crippen molar-refractivity contribution in [2.45, 2.75) is 57.4 Å². The highest BCUT2D eigenvalue weighted by Gasteiger charge is 2.54. The number of hydrogen-bond acceptors (Lipinski definition) is 4. The van der Waals surface area contributed by atoms with Gasteiger partial charge in [-0.3, -0.25) is 19.6 Å². The van der Waals surface area contributed by atoms with Gasteiger partial charge < -0.3 is 5.32 Å². The topological polar surface area (TPSA) is 72.0 Å². The second kappa shape index (κ2) is 7.28. The number of Topliss-reactive ketones (excluding diaryl/α,β-unsaturated/α-hetero) is 1. The third kappa shape index (κ3) is 3.68. The number of aromatic nitrogens is 2. The molecule has 0 aliphatic heterocycles. The summed E-state index contributed by atoms with van der Waals surface area (Å²) in [4.78, 5) is 34.6. The van der Waals surface area contributed by atoms with E-state index in [-0.39, 0.29) is 22.6 Å². The Morgan fingerprint density at radius 2 is 2.04 bits per heavy atom. The molecule has 1 amide bonds. The standard InChI is InChI=1S/C22H24ClN3O2/c1-15-12-24-13-18(25-15)11-19(27)21-6-3-7-22(14-21,9-8-21)26-20(28)16-4-2-5-17(23)10-16/h2,4-5,10,12-13H,3,6-9,11,14H2,1H3,(H,26,28). The van der Waals surface area contributed by atoms with Crippen molar-refractivity contribution in [3.63, 3.8) is 0 Å². The van der Waals surface area contributed by atoms with Gasteiger partial charge >= 0.3 is 0 Å². The number of benzene rings is 1. The Morgan fingerprint density at radius 3 is 2.82 bits per heavy atom. The molecule has 2 atom stereocenters. The summed E-state index contributed by atoms with van der Waals surface area (Å²) in [5.74, 6) is 0.114. The summed E-state index contributed by atoms with van der Waals surface area (Å²) in [6.45, 7) is 1.88. The second-order valence-electron chi connectivity index (χ2n) is 8.31. The molecule has 5 nitrogen and oxygen atoms in total. The molecular weight excluding hydrogens is 374 g/mol. The Kier molecular flexibility index (Phi) is 4.96. The van der Waals surface area contributed by atoms with Crippen LogP contribution in [0.25, 0.3) is 0 Å². The molecule has 28 heavy (non-hydrogen) atoms. The fourth-order valence-electron chi connectivity index (χ4n) is 4.94. The molecule has 0 saturated heterocycles. The van der Waals surface area contributed by atoms with Crippen LogP contribution in [-0.2, 0) is 11.2 Å². The van der Waals surface area contributed by atoms with E-state index in [0.717, 1.165) is 43.5 Å². The van der Waals surface area contributed by atoms with Crippen LogP contribution in [0.5, 0.6) is 0 Å². The van der Waals surface area contributed by atoms with Crippen LogP contribution in [-0.4, -0.2) is 27.2 Å². The van der Waals surface area contributed by atoms with Crippen molar-refractivity contribution >= 4 is 23.3 Å². The summed E-state index contributed by atoms with van der Waals surface area (Å²) >= 11 is 6.02. The minimum absolute atomic E-state index is 0.114. The van der Waals surface area contributed by atoms with E-state index in [1.807, 2.05) is 6.92 Å². The van der Waals surface area contributed by atoms with Gasteiger partial charge in [-0.1, -0.05) is 24.1 Å². The Hall–Kier alpha value is -2.27. The molecule has 0 spiro atoms. The fourth-order valence-corrected chi connectivity index (χ4v) is 5.13.